The van der Waals surface area contributed by atoms with Crippen molar-refractivity contribution in [1.82, 2.24) is 4.90 Å². The molecule has 0 bridgehead atoms. The van der Waals surface area contributed by atoms with E-state index in [1.54, 1.807) is 0 Å². The minimum Gasteiger partial charge on any atom is -0.543 e. The quantitative estimate of drug-likeness (QED) is 0.411. The largest absolute Gasteiger partial charge is 1.00 e. The van der Waals surface area contributed by atoms with Crippen LogP contribution in [0, 0.1) is 0 Å². The number of carboxylic acid groups (broad SMARTS) is 1. The number of aliphatic carboxylic acids is 1. The average molecular weight is 282 g/mol. The summed E-state index contributed by atoms with van der Waals surface area (Å²) in [5, 5.41) is 10.7. The summed E-state index contributed by atoms with van der Waals surface area (Å²) in [6.07, 6.45) is 0.322. The SMILES string of the molecule is NC(=O)CSC1=C(C(=O)[O-])N2C(=O)C[C@@H]2S1.[Na+]. The molecule has 2 heterocycles. The Kier molecular flexibility index (Phi) is 4.96. The molecule has 2 N–H and O–H groups in total. The molecule has 1 atom stereocenters. The molecule has 0 radical (unpaired) electrons. The Labute approximate surface area is 128 Å². The number of nitrogens with two attached hydrogens (primary N) is 1. The number of β-lactam (4-membered cyclic amide) rings is 1. The van der Waals surface area contributed by atoms with E-state index in [-0.39, 0.29) is 52.3 Å². The van der Waals surface area contributed by atoms with Crippen LogP contribution >= 0.6 is 23.5 Å². The molecule has 6 nitrogen and oxygen atoms in total. The van der Waals surface area contributed by atoms with Crippen molar-refractivity contribution >= 4 is 41.3 Å². The second-order valence-electron chi connectivity index (χ2n) is 3.22. The van der Waals surface area contributed by atoms with E-state index in [9.17, 15) is 19.5 Å². The van der Waals surface area contributed by atoms with Crippen LogP contribution in [0.2, 0.25) is 0 Å². The van der Waals surface area contributed by atoms with Crippen molar-refractivity contribution in [3.8, 4) is 0 Å². The van der Waals surface area contributed by atoms with E-state index in [0.717, 1.165) is 11.8 Å². The molecule has 9 heteroatoms. The fourth-order valence-electron chi connectivity index (χ4n) is 1.45. The maximum atomic E-state index is 11.2. The van der Waals surface area contributed by atoms with Gasteiger partial charge in [-0.2, -0.15) is 0 Å². The van der Waals surface area contributed by atoms with E-state index in [0.29, 0.717) is 10.7 Å². The van der Waals surface area contributed by atoms with Crippen molar-refractivity contribution in [1.29, 1.82) is 0 Å². The summed E-state index contributed by atoms with van der Waals surface area (Å²) in [5.74, 6) is -2.16. The molecule has 0 saturated carbocycles. The van der Waals surface area contributed by atoms with Crippen LogP contribution in [0.25, 0.3) is 0 Å². The number of rotatable bonds is 4. The normalized spacial score (nSPS) is 21.8. The van der Waals surface area contributed by atoms with Gasteiger partial charge in [0.2, 0.25) is 11.8 Å². The van der Waals surface area contributed by atoms with Crippen molar-refractivity contribution < 1.29 is 49.0 Å². The zero-order chi connectivity index (χ0) is 11.9. The summed E-state index contributed by atoms with van der Waals surface area (Å²) in [5.41, 5.74) is 4.84. The molecule has 17 heavy (non-hydrogen) atoms. The first-order valence-electron chi connectivity index (χ1n) is 4.36. The van der Waals surface area contributed by atoms with E-state index in [1.165, 1.54) is 16.7 Å². The predicted molar refractivity (Wildman–Crippen MR) is 56.5 cm³/mol. The van der Waals surface area contributed by atoms with Gasteiger partial charge in [0.25, 0.3) is 0 Å². The van der Waals surface area contributed by atoms with Crippen LogP contribution < -0.4 is 40.4 Å². The van der Waals surface area contributed by atoms with Crippen molar-refractivity contribution in [2.45, 2.75) is 11.8 Å². The Bertz CT molecular complexity index is 426. The molecule has 0 aromatic rings. The molecule has 0 aromatic carbocycles. The second-order valence-corrected chi connectivity index (χ2v) is 5.65. The number of primary amides is 1. The third-order valence-electron chi connectivity index (χ3n) is 2.12. The van der Waals surface area contributed by atoms with Crippen molar-refractivity contribution in [2.75, 3.05) is 5.75 Å². The number of amides is 2. The molecule has 0 spiro atoms. The molecule has 2 aliphatic heterocycles. The maximum absolute atomic E-state index is 11.2. The smallest absolute Gasteiger partial charge is 0.543 e. The van der Waals surface area contributed by atoms with Gasteiger partial charge in [0.15, 0.2) is 0 Å². The predicted octanol–water partition coefficient (Wildman–Crippen LogP) is -4.57. The molecular weight excluding hydrogens is 275 g/mol. The summed E-state index contributed by atoms with van der Waals surface area (Å²) in [6.45, 7) is 0. The standard InChI is InChI=1S/C8H8N2O4S2.Na/c9-3(11)2-15-8-6(7(13)14)10-4(12)1-5(10)16-8;/h5H,1-2H2,(H2,9,11)(H,13,14);/q;+1/p-1/t5-;/m0./s1. The van der Waals surface area contributed by atoms with E-state index < -0.39 is 11.9 Å². The van der Waals surface area contributed by atoms with Crippen LogP contribution in [0.3, 0.4) is 0 Å². The van der Waals surface area contributed by atoms with Crippen LogP contribution in [0.15, 0.2) is 9.93 Å². The Morgan fingerprint density at radius 1 is 1.59 bits per heavy atom. The summed E-state index contributed by atoms with van der Waals surface area (Å²) < 4.78 is 0.426. The summed E-state index contributed by atoms with van der Waals surface area (Å²) in [7, 11) is 0. The third-order valence-corrected chi connectivity index (χ3v) is 4.71. The van der Waals surface area contributed by atoms with Gasteiger partial charge < -0.3 is 15.6 Å². The average Bonchev–Trinajstić information content (AvgIpc) is 2.47. The maximum Gasteiger partial charge on any atom is 1.00 e. The molecule has 0 unspecified atom stereocenters. The van der Waals surface area contributed by atoms with Crippen LogP contribution in [-0.4, -0.2) is 33.8 Å². The third kappa shape index (κ3) is 2.82. The number of carbonyl (C=O) groups excluding carboxylic acids is 3. The summed E-state index contributed by atoms with van der Waals surface area (Å²) in [4.78, 5) is 33.9. The fourth-order valence-corrected chi connectivity index (χ4v) is 3.92. The van der Waals surface area contributed by atoms with E-state index >= 15 is 0 Å². The summed E-state index contributed by atoms with van der Waals surface area (Å²) in [6, 6.07) is 0. The van der Waals surface area contributed by atoms with Crippen LogP contribution in [0.5, 0.6) is 0 Å². The van der Waals surface area contributed by atoms with Gasteiger partial charge >= 0.3 is 29.6 Å². The van der Waals surface area contributed by atoms with Gasteiger partial charge in [0.1, 0.15) is 0 Å². The Balaban J connectivity index is 0.00000144. The molecule has 1 saturated heterocycles. The first-order chi connectivity index (χ1) is 7.50. The number of hydrogen-bond acceptors (Lipinski definition) is 6. The van der Waals surface area contributed by atoms with E-state index in [2.05, 4.69) is 0 Å². The van der Waals surface area contributed by atoms with Gasteiger partial charge in [-0.25, -0.2) is 0 Å². The van der Waals surface area contributed by atoms with Gasteiger partial charge in [-0.05, 0) is 0 Å². The van der Waals surface area contributed by atoms with Gasteiger partial charge in [0.05, 0.1) is 33.5 Å². The van der Waals surface area contributed by atoms with Crippen LogP contribution in [0.1, 0.15) is 6.42 Å². The minimum absolute atomic E-state index is 0. The van der Waals surface area contributed by atoms with Gasteiger partial charge in [-0.1, -0.05) is 11.8 Å². The number of carbonyl (C=O) groups is 3. The zero-order valence-corrected chi connectivity index (χ0v) is 12.6. The zero-order valence-electron chi connectivity index (χ0n) is 8.97. The molecule has 86 valence electrons. The Morgan fingerprint density at radius 3 is 2.71 bits per heavy atom. The second kappa shape index (κ2) is 5.66. The first kappa shape index (κ1) is 14.9. The topological polar surface area (TPSA) is 104 Å². The van der Waals surface area contributed by atoms with E-state index in [4.69, 9.17) is 5.73 Å². The fraction of sp³-hybridized carbons (Fsp3) is 0.375. The van der Waals surface area contributed by atoms with Crippen molar-refractivity contribution in [3.63, 3.8) is 0 Å². The number of carboxylic acids is 1. The molecule has 2 rings (SSSR count). The number of nitrogens with zero attached hydrogens (tertiary/aromatic N) is 1. The molecule has 1 fully saturated rings. The van der Waals surface area contributed by atoms with Gasteiger partial charge in [0, 0.05) is 0 Å². The van der Waals surface area contributed by atoms with E-state index in [1.807, 2.05) is 0 Å². The van der Waals surface area contributed by atoms with Gasteiger partial charge in [-0.15, -0.1) is 11.8 Å². The number of hydrogen-bond donors (Lipinski definition) is 1. The molecule has 2 amide bonds. The molecular formula is C8H7N2NaO4S2. The monoisotopic (exact) mass is 282 g/mol. The molecule has 0 aromatic heterocycles. The number of fused-ring (bicyclic) bond motifs is 1. The van der Waals surface area contributed by atoms with Crippen molar-refractivity contribution in [2.24, 2.45) is 5.73 Å². The van der Waals surface area contributed by atoms with Gasteiger partial charge in [-0.3, -0.25) is 14.5 Å². The van der Waals surface area contributed by atoms with Crippen molar-refractivity contribution in [3.05, 3.63) is 9.93 Å². The molecule has 0 aliphatic carbocycles. The first-order valence-corrected chi connectivity index (χ1v) is 6.22. The van der Waals surface area contributed by atoms with Crippen LogP contribution in [-0.2, 0) is 14.4 Å². The van der Waals surface area contributed by atoms with Crippen LogP contribution in [0.4, 0.5) is 0 Å². The Hall–Kier alpha value is -0.150. The molecule has 2 aliphatic rings. The number of thioether (sulfide) groups is 2. The minimum atomic E-state index is -1.39. The summed E-state index contributed by atoms with van der Waals surface area (Å²) >= 11 is 2.29. The Morgan fingerprint density at radius 2 is 2.24 bits per heavy atom.